The molecule has 2 aliphatic heterocycles. The summed E-state index contributed by atoms with van der Waals surface area (Å²) in [7, 11) is 3.70. The highest BCUT2D eigenvalue weighted by Gasteiger charge is 2.28. The Morgan fingerprint density at radius 3 is 2.52 bits per heavy atom. The first-order valence-electron chi connectivity index (χ1n) is 12.0. The maximum absolute atomic E-state index is 6.20. The van der Waals surface area contributed by atoms with E-state index in [-0.39, 0.29) is 12.1 Å². The average molecular weight is 450 g/mol. The quantitative estimate of drug-likeness (QED) is 0.655. The molecule has 176 valence electrons. The number of hydrogen-bond donors (Lipinski definition) is 1. The molecule has 2 aliphatic rings. The van der Waals surface area contributed by atoms with Crippen LogP contribution in [0.2, 0.25) is 0 Å². The fourth-order valence-electron chi connectivity index (χ4n) is 5.46. The number of piperidine rings is 2. The van der Waals surface area contributed by atoms with E-state index < -0.39 is 0 Å². The fourth-order valence-corrected chi connectivity index (χ4v) is 5.46. The van der Waals surface area contributed by atoms with Crippen molar-refractivity contribution in [2.45, 2.75) is 51.2 Å². The molecule has 2 fully saturated rings. The van der Waals surface area contributed by atoms with Gasteiger partial charge in [0.25, 0.3) is 0 Å². The van der Waals surface area contributed by atoms with Crippen LogP contribution in [0, 0.1) is 13.8 Å². The summed E-state index contributed by atoms with van der Waals surface area (Å²) in [6, 6.07) is 4.60. The zero-order valence-electron chi connectivity index (χ0n) is 20.2. The predicted molar refractivity (Wildman–Crippen MR) is 132 cm³/mol. The number of anilines is 2. The van der Waals surface area contributed by atoms with Gasteiger partial charge in [0.2, 0.25) is 0 Å². The van der Waals surface area contributed by atoms with Gasteiger partial charge in [0, 0.05) is 63.7 Å². The molecule has 0 aromatic carbocycles. The van der Waals surface area contributed by atoms with E-state index in [1.807, 2.05) is 24.1 Å². The molecule has 0 radical (unpaired) electrons. The van der Waals surface area contributed by atoms with Gasteiger partial charge in [0.1, 0.15) is 0 Å². The summed E-state index contributed by atoms with van der Waals surface area (Å²) >= 11 is 0. The number of methoxy groups -OCH3 is 1. The molecule has 0 saturated carbocycles. The van der Waals surface area contributed by atoms with E-state index >= 15 is 0 Å². The lowest BCUT2D eigenvalue weighted by Gasteiger charge is -2.38. The summed E-state index contributed by atoms with van der Waals surface area (Å²) in [6.07, 6.45) is 7.20. The maximum atomic E-state index is 6.20. The van der Waals surface area contributed by atoms with Crippen LogP contribution in [0.25, 0.3) is 11.0 Å². The number of pyridine rings is 2. The first-order valence-corrected chi connectivity index (χ1v) is 12.0. The highest BCUT2D eigenvalue weighted by atomic mass is 16.5. The first kappa shape index (κ1) is 22.1. The lowest BCUT2D eigenvalue weighted by Crippen LogP contribution is -2.51. The lowest BCUT2D eigenvalue weighted by molar-refractivity contribution is 0.0730. The van der Waals surface area contributed by atoms with Crippen molar-refractivity contribution in [1.29, 1.82) is 0 Å². The first-order chi connectivity index (χ1) is 15.9. The van der Waals surface area contributed by atoms with Crippen LogP contribution >= 0.6 is 0 Å². The minimum absolute atomic E-state index is 0.0752. The van der Waals surface area contributed by atoms with E-state index in [1.165, 1.54) is 22.6 Å². The fraction of sp³-hybridized carbons (Fsp3) is 0.560. The van der Waals surface area contributed by atoms with Crippen molar-refractivity contribution in [2.75, 3.05) is 43.1 Å². The molecule has 0 spiro atoms. The largest absolute Gasteiger partial charge is 0.378 e. The van der Waals surface area contributed by atoms with Crippen molar-refractivity contribution in [2.24, 2.45) is 12.8 Å². The van der Waals surface area contributed by atoms with Crippen LogP contribution in [-0.2, 0) is 11.8 Å². The van der Waals surface area contributed by atoms with Crippen molar-refractivity contribution in [1.82, 2.24) is 19.7 Å². The van der Waals surface area contributed by atoms with Gasteiger partial charge in [-0.1, -0.05) is 0 Å². The number of nitrogens with two attached hydrogens (primary N) is 1. The van der Waals surface area contributed by atoms with E-state index in [0.29, 0.717) is 5.92 Å². The molecule has 5 rings (SSSR count). The van der Waals surface area contributed by atoms with E-state index in [1.54, 1.807) is 7.11 Å². The van der Waals surface area contributed by atoms with E-state index in [4.69, 9.17) is 15.5 Å². The van der Waals surface area contributed by atoms with Crippen molar-refractivity contribution < 1.29 is 4.74 Å². The van der Waals surface area contributed by atoms with Crippen molar-refractivity contribution in [3.8, 4) is 0 Å². The Hall–Kier alpha value is -2.71. The molecule has 33 heavy (non-hydrogen) atoms. The number of aryl methyl sites for hydroxylation is 3. The van der Waals surface area contributed by atoms with Gasteiger partial charge in [-0.3, -0.25) is 9.67 Å². The molecule has 0 bridgehead atoms. The molecule has 5 heterocycles. The molecular formula is C25H35N7O. The van der Waals surface area contributed by atoms with Crippen molar-refractivity contribution in [3.05, 3.63) is 41.5 Å². The van der Waals surface area contributed by atoms with Crippen LogP contribution < -0.4 is 15.5 Å². The summed E-state index contributed by atoms with van der Waals surface area (Å²) < 4.78 is 7.44. The normalized spacial score (nSPS) is 22.3. The minimum Gasteiger partial charge on any atom is -0.378 e. The number of aromatic nitrogens is 4. The number of ether oxygens (including phenoxy) is 1. The van der Waals surface area contributed by atoms with Gasteiger partial charge in [0.05, 0.1) is 35.3 Å². The number of fused-ring (bicyclic) bond motifs is 1. The van der Waals surface area contributed by atoms with Crippen molar-refractivity contribution >= 4 is 22.4 Å². The summed E-state index contributed by atoms with van der Waals surface area (Å²) in [6.45, 7) is 8.06. The summed E-state index contributed by atoms with van der Waals surface area (Å²) in [5.41, 5.74) is 13.1. The molecule has 3 aromatic heterocycles. The molecule has 2 atom stereocenters. The smallest absolute Gasteiger partial charge is 0.159 e. The van der Waals surface area contributed by atoms with Gasteiger partial charge in [-0.05, 0) is 50.8 Å². The Morgan fingerprint density at radius 1 is 1.03 bits per heavy atom. The third-order valence-corrected chi connectivity index (χ3v) is 7.42. The Kier molecular flexibility index (Phi) is 5.97. The predicted octanol–water partition coefficient (Wildman–Crippen LogP) is 2.92. The second-order valence-electron chi connectivity index (χ2n) is 9.62. The maximum Gasteiger partial charge on any atom is 0.159 e. The summed E-state index contributed by atoms with van der Waals surface area (Å²) in [5, 5.41) is 5.56. The topological polar surface area (TPSA) is 85.3 Å². The van der Waals surface area contributed by atoms with Gasteiger partial charge in [-0.25, -0.2) is 4.98 Å². The minimum atomic E-state index is 0.0752. The second kappa shape index (κ2) is 8.91. The highest BCUT2D eigenvalue weighted by Crippen LogP contribution is 2.35. The number of nitrogens with zero attached hydrogens (tertiary/aromatic N) is 6. The molecular weight excluding hydrogens is 414 g/mol. The number of hydrogen-bond acceptors (Lipinski definition) is 7. The van der Waals surface area contributed by atoms with Crippen LogP contribution in [0.1, 0.15) is 42.1 Å². The molecule has 2 N–H and O–H groups in total. The van der Waals surface area contributed by atoms with Crippen LogP contribution in [0.15, 0.2) is 24.5 Å². The van der Waals surface area contributed by atoms with Gasteiger partial charge >= 0.3 is 0 Å². The third-order valence-electron chi connectivity index (χ3n) is 7.42. The molecule has 0 unspecified atom stereocenters. The van der Waals surface area contributed by atoms with E-state index in [0.717, 1.165) is 62.2 Å². The van der Waals surface area contributed by atoms with E-state index in [9.17, 15) is 0 Å². The Bertz CT molecular complexity index is 1140. The number of rotatable bonds is 4. The molecule has 0 amide bonds. The summed E-state index contributed by atoms with van der Waals surface area (Å²) in [5.74, 6) is 0.490. The Balaban J connectivity index is 1.29. The summed E-state index contributed by atoms with van der Waals surface area (Å²) in [4.78, 5) is 14.5. The van der Waals surface area contributed by atoms with Crippen LogP contribution in [0.4, 0.5) is 11.4 Å². The van der Waals surface area contributed by atoms with Crippen LogP contribution in [-0.4, -0.2) is 65.2 Å². The van der Waals surface area contributed by atoms with Crippen LogP contribution in [0.3, 0.4) is 0 Å². The average Bonchev–Trinajstić information content (AvgIpc) is 3.19. The molecule has 8 nitrogen and oxygen atoms in total. The monoisotopic (exact) mass is 449 g/mol. The van der Waals surface area contributed by atoms with Crippen molar-refractivity contribution in [3.63, 3.8) is 0 Å². The van der Waals surface area contributed by atoms with Gasteiger partial charge in [0.15, 0.2) is 5.65 Å². The molecule has 3 aromatic rings. The molecule has 0 aliphatic carbocycles. The standard InChI is InChI=1S/C25H35N7O/c1-16-11-19(32-10-7-21(26)23(15-32)33-4)13-27-24(16)18-5-8-31(9-6-18)22-12-17(2)29-25-20(22)14-28-30(25)3/h11-14,18,21,23H,5-10,15,26H2,1-4H3/t21-,23-/m0/s1. The third kappa shape index (κ3) is 4.17. The SMILES string of the molecule is CO[C@H]1CN(c2cnc(C3CCN(c4cc(C)nc5c4cnn5C)CC3)c(C)c2)CC[C@@H]1N. The zero-order chi connectivity index (χ0) is 23.1. The Labute approximate surface area is 195 Å². The highest BCUT2D eigenvalue weighted by molar-refractivity contribution is 5.89. The molecule has 2 saturated heterocycles. The zero-order valence-corrected chi connectivity index (χ0v) is 20.2. The lowest BCUT2D eigenvalue weighted by atomic mass is 9.90. The molecule has 8 heteroatoms. The van der Waals surface area contributed by atoms with Crippen LogP contribution in [0.5, 0.6) is 0 Å². The van der Waals surface area contributed by atoms with Gasteiger partial charge in [-0.15, -0.1) is 0 Å². The Morgan fingerprint density at radius 2 is 1.79 bits per heavy atom. The van der Waals surface area contributed by atoms with E-state index in [2.05, 4.69) is 45.9 Å². The van der Waals surface area contributed by atoms with Gasteiger partial charge in [-0.2, -0.15) is 5.10 Å². The van der Waals surface area contributed by atoms with Gasteiger partial charge < -0.3 is 20.3 Å². The second-order valence-corrected chi connectivity index (χ2v) is 9.62.